The number of primary amides is 1. The number of nitrogens with two attached hydrogens (primary N) is 1. The molecule has 0 heterocycles. The summed E-state index contributed by atoms with van der Waals surface area (Å²) in [5, 5.41) is 5.30. The largest absolute Gasteiger partial charge is 0.496 e. The number of para-hydroxylation sites is 1. The van der Waals surface area contributed by atoms with Gasteiger partial charge in [-0.25, -0.2) is 4.79 Å². The van der Waals surface area contributed by atoms with E-state index >= 15 is 0 Å². The van der Waals surface area contributed by atoms with E-state index in [1.54, 1.807) is 7.11 Å². The molecule has 0 fully saturated rings. The van der Waals surface area contributed by atoms with Gasteiger partial charge in [-0.05, 0) is 12.0 Å². The van der Waals surface area contributed by atoms with E-state index < -0.39 is 12.1 Å². The standard InChI is InChI=1S/C15H23N3O3/c1-4-10(2)13(18-15(16)20)14(19)17-9-11-7-5-6-8-12(11)21-3/h5-8,10,13H,4,9H2,1-3H3,(H,17,19)(H3,16,18,20)/t10-,13+/m1/s1. The van der Waals surface area contributed by atoms with Crippen molar-refractivity contribution in [2.75, 3.05) is 7.11 Å². The number of carbonyl (C=O) groups is 2. The average Bonchev–Trinajstić information content (AvgIpc) is 2.49. The molecule has 6 nitrogen and oxygen atoms in total. The molecule has 6 heteroatoms. The predicted octanol–water partition coefficient (Wildman–Crippen LogP) is 1.39. The van der Waals surface area contributed by atoms with E-state index in [1.165, 1.54) is 0 Å². The Morgan fingerprint density at radius 3 is 2.57 bits per heavy atom. The number of ether oxygens (including phenoxy) is 1. The molecule has 0 bridgehead atoms. The van der Waals surface area contributed by atoms with Gasteiger partial charge in [0, 0.05) is 12.1 Å². The lowest BCUT2D eigenvalue weighted by Crippen LogP contribution is -2.51. The quantitative estimate of drug-likeness (QED) is 0.709. The fraction of sp³-hybridized carbons (Fsp3) is 0.467. The van der Waals surface area contributed by atoms with Crippen LogP contribution in [0.3, 0.4) is 0 Å². The minimum Gasteiger partial charge on any atom is -0.496 e. The molecule has 0 aliphatic rings. The molecule has 4 N–H and O–H groups in total. The highest BCUT2D eigenvalue weighted by molar-refractivity contribution is 5.86. The van der Waals surface area contributed by atoms with Crippen LogP contribution in [0.1, 0.15) is 25.8 Å². The van der Waals surface area contributed by atoms with Crippen LogP contribution in [0.5, 0.6) is 5.75 Å². The fourth-order valence-corrected chi connectivity index (χ4v) is 2.00. The van der Waals surface area contributed by atoms with Crippen molar-refractivity contribution in [3.8, 4) is 5.75 Å². The van der Waals surface area contributed by atoms with Crippen molar-refractivity contribution in [2.45, 2.75) is 32.9 Å². The minimum atomic E-state index is -0.701. The molecule has 3 amide bonds. The van der Waals surface area contributed by atoms with Crippen LogP contribution in [0.15, 0.2) is 24.3 Å². The van der Waals surface area contributed by atoms with Gasteiger partial charge in [-0.1, -0.05) is 38.5 Å². The highest BCUT2D eigenvalue weighted by atomic mass is 16.5. The summed E-state index contributed by atoms with van der Waals surface area (Å²) < 4.78 is 5.23. The Kier molecular flexibility index (Phi) is 6.52. The summed E-state index contributed by atoms with van der Waals surface area (Å²) in [5.41, 5.74) is 6.00. The predicted molar refractivity (Wildman–Crippen MR) is 80.8 cm³/mol. The van der Waals surface area contributed by atoms with Crippen LogP contribution in [0.25, 0.3) is 0 Å². The third-order valence-electron chi connectivity index (χ3n) is 3.44. The van der Waals surface area contributed by atoms with Gasteiger partial charge in [-0.15, -0.1) is 0 Å². The maximum Gasteiger partial charge on any atom is 0.312 e. The highest BCUT2D eigenvalue weighted by Crippen LogP contribution is 2.17. The van der Waals surface area contributed by atoms with Gasteiger partial charge in [0.05, 0.1) is 7.11 Å². The van der Waals surface area contributed by atoms with Crippen LogP contribution in [-0.2, 0) is 11.3 Å². The second-order valence-corrected chi connectivity index (χ2v) is 4.90. The Morgan fingerprint density at radius 2 is 2.00 bits per heavy atom. The van der Waals surface area contributed by atoms with Gasteiger partial charge < -0.3 is 21.1 Å². The number of hydrogen-bond acceptors (Lipinski definition) is 3. The van der Waals surface area contributed by atoms with Crippen molar-refractivity contribution < 1.29 is 14.3 Å². The van der Waals surface area contributed by atoms with Gasteiger partial charge >= 0.3 is 6.03 Å². The second kappa shape index (κ2) is 8.14. The molecule has 21 heavy (non-hydrogen) atoms. The molecule has 116 valence electrons. The topological polar surface area (TPSA) is 93.5 Å². The third kappa shape index (κ3) is 4.98. The van der Waals surface area contributed by atoms with Gasteiger partial charge in [-0.3, -0.25) is 4.79 Å². The first-order valence-electron chi connectivity index (χ1n) is 6.95. The first kappa shape index (κ1) is 16.8. The van der Waals surface area contributed by atoms with Gasteiger partial charge in [0.15, 0.2) is 0 Å². The number of amides is 3. The van der Waals surface area contributed by atoms with Crippen molar-refractivity contribution in [2.24, 2.45) is 11.7 Å². The van der Waals surface area contributed by atoms with Gasteiger partial charge in [0.25, 0.3) is 0 Å². The van der Waals surface area contributed by atoms with Gasteiger partial charge in [0.1, 0.15) is 11.8 Å². The van der Waals surface area contributed by atoms with E-state index in [4.69, 9.17) is 10.5 Å². The normalized spacial score (nSPS) is 13.1. The van der Waals surface area contributed by atoms with Crippen molar-refractivity contribution in [3.05, 3.63) is 29.8 Å². The lowest BCUT2D eigenvalue weighted by molar-refractivity contribution is -0.124. The Labute approximate surface area is 125 Å². The molecule has 0 aromatic heterocycles. The van der Waals surface area contributed by atoms with E-state index in [2.05, 4.69) is 10.6 Å². The molecule has 0 radical (unpaired) electrons. The Hall–Kier alpha value is -2.24. The van der Waals surface area contributed by atoms with Crippen LogP contribution in [0.2, 0.25) is 0 Å². The number of urea groups is 1. The maximum absolute atomic E-state index is 12.2. The van der Waals surface area contributed by atoms with Crippen molar-refractivity contribution in [3.63, 3.8) is 0 Å². The van der Waals surface area contributed by atoms with Gasteiger partial charge in [-0.2, -0.15) is 0 Å². The first-order chi connectivity index (χ1) is 9.99. The number of benzene rings is 1. The second-order valence-electron chi connectivity index (χ2n) is 4.90. The van der Waals surface area contributed by atoms with E-state index in [0.717, 1.165) is 12.0 Å². The van der Waals surface area contributed by atoms with Crippen LogP contribution < -0.4 is 21.1 Å². The molecule has 0 saturated heterocycles. The first-order valence-corrected chi connectivity index (χ1v) is 6.95. The number of hydrogen-bond donors (Lipinski definition) is 3. The monoisotopic (exact) mass is 293 g/mol. The summed E-state index contributed by atoms with van der Waals surface area (Å²) in [6, 6.07) is 6.10. The highest BCUT2D eigenvalue weighted by Gasteiger charge is 2.24. The number of methoxy groups -OCH3 is 1. The average molecular weight is 293 g/mol. The SMILES string of the molecule is CC[C@@H](C)[C@H](NC(N)=O)C(=O)NCc1ccccc1OC. The minimum absolute atomic E-state index is 0.00447. The number of carbonyl (C=O) groups excluding carboxylic acids is 2. The Morgan fingerprint density at radius 1 is 1.33 bits per heavy atom. The van der Waals surface area contributed by atoms with Crippen LogP contribution >= 0.6 is 0 Å². The summed E-state index contributed by atoms with van der Waals surface area (Å²) in [6.07, 6.45) is 0.757. The molecule has 0 aliphatic carbocycles. The zero-order valence-electron chi connectivity index (χ0n) is 12.7. The summed E-state index contributed by atoms with van der Waals surface area (Å²) in [5.74, 6) is 0.449. The molecule has 1 aromatic carbocycles. The van der Waals surface area contributed by atoms with Crippen molar-refractivity contribution in [1.82, 2.24) is 10.6 Å². The van der Waals surface area contributed by atoms with Crippen molar-refractivity contribution >= 4 is 11.9 Å². The summed E-state index contributed by atoms with van der Waals surface area (Å²) in [4.78, 5) is 23.3. The number of rotatable bonds is 7. The molecule has 1 aromatic rings. The van der Waals surface area contributed by atoms with E-state index in [0.29, 0.717) is 12.3 Å². The van der Waals surface area contributed by atoms with Crippen LogP contribution in [0.4, 0.5) is 4.79 Å². The van der Waals surface area contributed by atoms with E-state index in [-0.39, 0.29) is 11.8 Å². The number of nitrogens with one attached hydrogen (secondary N) is 2. The Balaban J connectivity index is 2.71. The van der Waals surface area contributed by atoms with Crippen molar-refractivity contribution in [1.29, 1.82) is 0 Å². The smallest absolute Gasteiger partial charge is 0.312 e. The maximum atomic E-state index is 12.2. The van der Waals surface area contributed by atoms with E-state index in [1.807, 2.05) is 38.1 Å². The summed E-state index contributed by atoms with van der Waals surface area (Å²) in [7, 11) is 1.58. The van der Waals surface area contributed by atoms with Gasteiger partial charge in [0.2, 0.25) is 5.91 Å². The Bertz CT molecular complexity index is 491. The summed E-state index contributed by atoms with van der Waals surface area (Å²) in [6.45, 7) is 4.17. The molecule has 0 saturated carbocycles. The summed E-state index contributed by atoms with van der Waals surface area (Å²) >= 11 is 0. The molecular formula is C15H23N3O3. The molecule has 0 unspecified atom stereocenters. The van der Waals surface area contributed by atoms with Crippen LogP contribution in [0, 0.1) is 5.92 Å². The zero-order valence-corrected chi connectivity index (χ0v) is 12.7. The fourth-order valence-electron chi connectivity index (χ4n) is 2.00. The third-order valence-corrected chi connectivity index (χ3v) is 3.44. The lowest BCUT2D eigenvalue weighted by Gasteiger charge is -2.22. The van der Waals surface area contributed by atoms with Crippen LogP contribution in [-0.4, -0.2) is 25.1 Å². The lowest BCUT2D eigenvalue weighted by atomic mass is 9.98. The zero-order chi connectivity index (χ0) is 15.8. The van der Waals surface area contributed by atoms with E-state index in [9.17, 15) is 9.59 Å². The molecular weight excluding hydrogens is 270 g/mol. The molecule has 0 aliphatic heterocycles. The molecule has 0 spiro atoms. The molecule has 1 rings (SSSR count). The molecule has 2 atom stereocenters.